The summed E-state index contributed by atoms with van der Waals surface area (Å²) < 4.78 is 5.24. The van der Waals surface area contributed by atoms with Crippen LogP contribution < -0.4 is 15.4 Å². The Balaban J connectivity index is 0.00000312. The number of hydrogen-bond acceptors (Lipinski definition) is 3. The summed E-state index contributed by atoms with van der Waals surface area (Å²) in [6, 6.07) is 8.30. The van der Waals surface area contributed by atoms with Gasteiger partial charge >= 0.3 is 0 Å². The number of methoxy groups -OCH3 is 1. The fraction of sp³-hybridized carbons (Fsp3) is 0.556. The first-order valence-corrected chi connectivity index (χ1v) is 8.46. The molecule has 1 aliphatic rings. The highest BCUT2D eigenvalue weighted by Gasteiger charge is 2.16. The molecule has 0 bridgehead atoms. The third-order valence-corrected chi connectivity index (χ3v) is 4.16. The molecular formula is C18H29IN4O2. The van der Waals surface area contributed by atoms with Crippen molar-refractivity contribution in [3.05, 3.63) is 29.8 Å². The molecule has 0 unspecified atom stereocenters. The van der Waals surface area contributed by atoms with Crippen molar-refractivity contribution in [2.75, 3.05) is 27.7 Å². The zero-order valence-electron chi connectivity index (χ0n) is 15.2. The Morgan fingerprint density at radius 3 is 2.68 bits per heavy atom. The summed E-state index contributed by atoms with van der Waals surface area (Å²) in [4.78, 5) is 18.0. The van der Waals surface area contributed by atoms with Gasteiger partial charge in [-0.05, 0) is 30.5 Å². The Bertz CT molecular complexity index is 572. The molecule has 0 radical (unpaired) electrons. The van der Waals surface area contributed by atoms with Gasteiger partial charge in [-0.3, -0.25) is 4.79 Å². The number of nitrogens with zero attached hydrogens (tertiary/aromatic N) is 2. The molecule has 0 heterocycles. The molecule has 0 spiro atoms. The van der Waals surface area contributed by atoms with Crippen molar-refractivity contribution in [3.63, 3.8) is 0 Å². The monoisotopic (exact) mass is 460 g/mol. The number of carbonyl (C=O) groups excluding carboxylic acids is 1. The lowest BCUT2D eigenvalue weighted by Crippen LogP contribution is -2.46. The molecular weight excluding hydrogens is 431 g/mol. The van der Waals surface area contributed by atoms with E-state index in [2.05, 4.69) is 15.6 Å². The number of aliphatic imine (C=N–C) groups is 1. The van der Waals surface area contributed by atoms with Crippen LogP contribution in [-0.4, -0.2) is 50.6 Å². The number of ether oxygens (including phenoxy) is 1. The lowest BCUT2D eigenvalue weighted by atomic mass is 10.2. The summed E-state index contributed by atoms with van der Waals surface area (Å²) in [5, 5.41) is 6.59. The average Bonchev–Trinajstić information content (AvgIpc) is 3.10. The second-order valence-corrected chi connectivity index (χ2v) is 6.28. The van der Waals surface area contributed by atoms with Crippen LogP contribution in [0.2, 0.25) is 0 Å². The van der Waals surface area contributed by atoms with E-state index in [-0.39, 0.29) is 36.4 Å². The van der Waals surface area contributed by atoms with Gasteiger partial charge in [0.2, 0.25) is 5.91 Å². The van der Waals surface area contributed by atoms with Crippen molar-refractivity contribution in [1.82, 2.24) is 15.5 Å². The largest absolute Gasteiger partial charge is 0.497 e. The van der Waals surface area contributed by atoms with E-state index < -0.39 is 0 Å². The van der Waals surface area contributed by atoms with Crippen LogP contribution in [0.4, 0.5) is 0 Å². The maximum absolute atomic E-state index is 11.8. The number of carbonyl (C=O) groups is 1. The standard InChI is InChI=1S/C18H28N4O2.HI/c1-22(2)17(23)13-20-18(21-15-8-4-5-9-15)19-12-14-7-6-10-16(11-14)24-3;/h6-7,10-11,15H,4-5,8-9,12-13H2,1-3H3,(H2,19,20,21);1H. The maximum Gasteiger partial charge on any atom is 0.241 e. The minimum atomic E-state index is 0. The zero-order chi connectivity index (χ0) is 17.4. The number of hydrogen-bond donors (Lipinski definition) is 2. The fourth-order valence-corrected chi connectivity index (χ4v) is 2.67. The van der Waals surface area contributed by atoms with E-state index in [9.17, 15) is 4.79 Å². The molecule has 1 amide bonds. The number of amides is 1. The van der Waals surface area contributed by atoms with E-state index >= 15 is 0 Å². The number of nitrogens with one attached hydrogen (secondary N) is 2. The van der Waals surface area contributed by atoms with Gasteiger partial charge in [-0.25, -0.2) is 4.99 Å². The number of benzene rings is 1. The molecule has 1 aliphatic carbocycles. The van der Waals surface area contributed by atoms with Crippen LogP contribution in [0.1, 0.15) is 31.2 Å². The Labute approximate surface area is 167 Å². The molecule has 1 aromatic rings. The minimum Gasteiger partial charge on any atom is -0.497 e. The van der Waals surface area contributed by atoms with Gasteiger partial charge in [0.05, 0.1) is 20.2 Å². The second-order valence-electron chi connectivity index (χ2n) is 6.28. The maximum atomic E-state index is 11.8. The molecule has 7 heteroatoms. The lowest BCUT2D eigenvalue weighted by Gasteiger charge is -2.18. The van der Waals surface area contributed by atoms with E-state index in [0.29, 0.717) is 18.5 Å². The number of halogens is 1. The van der Waals surface area contributed by atoms with Gasteiger partial charge in [0, 0.05) is 20.1 Å². The molecule has 6 nitrogen and oxygen atoms in total. The van der Waals surface area contributed by atoms with Crippen molar-refractivity contribution in [2.24, 2.45) is 4.99 Å². The Hall–Kier alpha value is -1.51. The van der Waals surface area contributed by atoms with E-state index in [1.807, 2.05) is 24.3 Å². The molecule has 1 aromatic carbocycles. The van der Waals surface area contributed by atoms with E-state index in [0.717, 1.165) is 24.2 Å². The first kappa shape index (κ1) is 21.5. The van der Waals surface area contributed by atoms with E-state index in [1.165, 1.54) is 12.8 Å². The predicted molar refractivity (Wildman–Crippen MR) is 112 cm³/mol. The molecule has 0 aromatic heterocycles. The van der Waals surface area contributed by atoms with Gasteiger partial charge in [0.15, 0.2) is 5.96 Å². The fourth-order valence-electron chi connectivity index (χ4n) is 2.67. The van der Waals surface area contributed by atoms with Gasteiger partial charge < -0.3 is 20.3 Å². The molecule has 2 rings (SSSR count). The molecule has 0 aliphatic heterocycles. The SMILES string of the molecule is COc1cccc(CN=C(NCC(=O)N(C)C)NC2CCCC2)c1.I. The topological polar surface area (TPSA) is 66.0 Å². The number of likely N-dealkylation sites (N-methyl/N-ethyl adjacent to an activating group) is 1. The average molecular weight is 460 g/mol. The third kappa shape index (κ3) is 7.50. The number of guanidine groups is 1. The van der Waals surface area contributed by atoms with E-state index in [4.69, 9.17) is 4.74 Å². The first-order valence-electron chi connectivity index (χ1n) is 8.46. The van der Waals surface area contributed by atoms with Crippen LogP contribution in [-0.2, 0) is 11.3 Å². The van der Waals surface area contributed by atoms with Crippen LogP contribution in [0.5, 0.6) is 5.75 Å². The highest BCUT2D eigenvalue weighted by Crippen LogP contribution is 2.17. The van der Waals surface area contributed by atoms with Crippen molar-refractivity contribution in [1.29, 1.82) is 0 Å². The summed E-state index contributed by atoms with van der Waals surface area (Å²) in [6.07, 6.45) is 4.80. The van der Waals surface area contributed by atoms with Crippen LogP contribution in [0.15, 0.2) is 29.3 Å². The highest BCUT2D eigenvalue weighted by molar-refractivity contribution is 14.0. The van der Waals surface area contributed by atoms with E-state index in [1.54, 1.807) is 26.1 Å². The molecule has 1 fully saturated rings. The van der Waals surface area contributed by atoms with Gasteiger partial charge in [0.25, 0.3) is 0 Å². The van der Waals surface area contributed by atoms with Crippen molar-refractivity contribution in [2.45, 2.75) is 38.3 Å². The van der Waals surface area contributed by atoms with Gasteiger partial charge in [0.1, 0.15) is 5.75 Å². The first-order chi connectivity index (χ1) is 11.6. The molecule has 25 heavy (non-hydrogen) atoms. The highest BCUT2D eigenvalue weighted by atomic mass is 127. The lowest BCUT2D eigenvalue weighted by molar-refractivity contribution is -0.127. The molecule has 2 N–H and O–H groups in total. The molecule has 140 valence electrons. The van der Waals surface area contributed by atoms with Crippen LogP contribution in [0.25, 0.3) is 0 Å². The number of rotatable bonds is 6. The summed E-state index contributed by atoms with van der Waals surface area (Å²) in [5.74, 6) is 1.54. The van der Waals surface area contributed by atoms with Crippen LogP contribution in [0.3, 0.4) is 0 Å². The second kappa shape index (κ2) is 11.2. The summed E-state index contributed by atoms with van der Waals surface area (Å²) in [5.41, 5.74) is 1.07. The van der Waals surface area contributed by atoms with Gasteiger partial charge in [-0.15, -0.1) is 24.0 Å². The van der Waals surface area contributed by atoms with Crippen LogP contribution in [0, 0.1) is 0 Å². The van der Waals surface area contributed by atoms with Crippen molar-refractivity contribution >= 4 is 35.8 Å². The van der Waals surface area contributed by atoms with Crippen molar-refractivity contribution in [3.8, 4) is 5.75 Å². The normalized spacial score (nSPS) is 14.6. The Morgan fingerprint density at radius 1 is 1.32 bits per heavy atom. The van der Waals surface area contributed by atoms with Crippen LogP contribution >= 0.6 is 24.0 Å². The third-order valence-electron chi connectivity index (χ3n) is 4.16. The van der Waals surface area contributed by atoms with Gasteiger partial charge in [-0.1, -0.05) is 25.0 Å². The zero-order valence-corrected chi connectivity index (χ0v) is 17.6. The van der Waals surface area contributed by atoms with Gasteiger partial charge in [-0.2, -0.15) is 0 Å². The molecule has 0 saturated heterocycles. The quantitative estimate of drug-likeness (QED) is 0.389. The summed E-state index contributed by atoms with van der Waals surface area (Å²) in [6.45, 7) is 0.777. The van der Waals surface area contributed by atoms with Crippen molar-refractivity contribution < 1.29 is 9.53 Å². The molecule has 1 saturated carbocycles. The predicted octanol–water partition coefficient (Wildman–Crippen LogP) is 2.38. The summed E-state index contributed by atoms with van der Waals surface area (Å²) >= 11 is 0. The Kier molecular flexibility index (Phi) is 9.62. The minimum absolute atomic E-state index is 0. The smallest absolute Gasteiger partial charge is 0.241 e. The molecule has 0 atom stereocenters. The summed E-state index contributed by atoms with van der Waals surface area (Å²) in [7, 11) is 5.16. The Morgan fingerprint density at radius 2 is 2.04 bits per heavy atom.